The van der Waals surface area contributed by atoms with Crippen molar-refractivity contribution in [3.05, 3.63) is 29.8 Å². The molecule has 0 unspecified atom stereocenters. The number of carbonyl (C=O) groups excluding carboxylic acids is 1. The molecule has 0 saturated carbocycles. The van der Waals surface area contributed by atoms with Crippen LogP contribution in [0.25, 0.3) is 0 Å². The van der Waals surface area contributed by atoms with Crippen molar-refractivity contribution < 1.29 is 9.53 Å². The number of rotatable bonds is 4. The Hall–Kier alpha value is -1.60. The Kier molecular flexibility index (Phi) is 3.64. The molecule has 0 bridgehead atoms. The molecule has 1 rings (SSSR count). The van der Waals surface area contributed by atoms with Gasteiger partial charge in [-0.25, -0.2) is 4.79 Å². The molecule has 0 aliphatic heterocycles. The number of aryl methyl sites for hydroxylation is 1. The van der Waals surface area contributed by atoms with Crippen molar-refractivity contribution >= 4 is 6.08 Å². The van der Waals surface area contributed by atoms with E-state index in [9.17, 15) is 4.79 Å². The maximum atomic E-state index is 10.1. The molecular weight excluding hydrogens is 190 g/mol. The van der Waals surface area contributed by atoms with Gasteiger partial charge in [-0.3, -0.25) is 0 Å². The Bertz CT molecular complexity index is 379. The van der Waals surface area contributed by atoms with Gasteiger partial charge in [0.05, 0.1) is 0 Å². The predicted octanol–water partition coefficient (Wildman–Crippen LogP) is 2.49. The molecule has 0 aliphatic rings. The van der Waals surface area contributed by atoms with Crippen molar-refractivity contribution in [2.24, 2.45) is 4.99 Å². The minimum Gasteiger partial charge on any atom is -0.491 e. The van der Waals surface area contributed by atoms with Gasteiger partial charge in [0.2, 0.25) is 6.08 Å². The first kappa shape index (κ1) is 11.5. The van der Waals surface area contributed by atoms with Crippen LogP contribution in [0, 0.1) is 6.92 Å². The van der Waals surface area contributed by atoms with Crippen molar-refractivity contribution in [3.8, 4) is 5.75 Å². The smallest absolute Gasteiger partial charge is 0.235 e. The number of hydrogen-bond donors (Lipinski definition) is 0. The van der Waals surface area contributed by atoms with E-state index in [0.717, 1.165) is 11.3 Å². The Balaban J connectivity index is 2.61. The number of nitrogens with zero attached hydrogens (tertiary/aromatic N) is 1. The maximum Gasteiger partial charge on any atom is 0.235 e. The quantitative estimate of drug-likeness (QED) is 0.559. The normalized spacial score (nSPS) is 10.6. The van der Waals surface area contributed by atoms with Gasteiger partial charge < -0.3 is 4.74 Å². The second kappa shape index (κ2) is 4.76. The molecule has 0 N–H and O–H groups in total. The van der Waals surface area contributed by atoms with Gasteiger partial charge in [0.1, 0.15) is 17.9 Å². The highest BCUT2D eigenvalue weighted by molar-refractivity contribution is 5.34. The van der Waals surface area contributed by atoms with E-state index in [0.29, 0.717) is 6.61 Å². The topological polar surface area (TPSA) is 38.7 Å². The molecule has 3 nitrogen and oxygen atoms in total. The fourth-order valence-electron chi connectivity index (χ4n) is 1.12. The van der Waals surface area contributed by atoms with Crippen molar-refractivity contribution in [1.82, 2.24) is 0 Å². The van der Waals surface area contributed by atoms with Crippen LogP contribution in [0.1, 0.15) is 19.4 Å². The minimum atomic E-state index is -0.522. The molecule has 1 aromatic carbocycles. The van der Waals surface area contributed by atoms with Crippen LogP contribution in [-0.4, -0.2) is 18.2 Å². The van der Waals surface area contributed by atoms with E-state index in [1.165, 1.54) is 0 Å². The van der Waals surface area contributed by atoms with E-state index in [1.54, 1.807) is 6.08 Å². The summed E-state index contributed by atoms with van der Waals surface area (Å²) in [5, 5.41) is 0. The minimum absolute atomic E-state index is 0.367. The van der Waals surface area contributed by atoms with Crippen molar-refractivity contribution in [3.63, 3.8) is 0 Å². The lowest BCUT2D eigenvalue weighted by atomic mass is 10.1. The summed E-state index contributed by atoms with van der Waals surface area (Å²) in [6.07, 6.45) is 1.55. The SMILES string of the molecule is Cc1cccc(OCC(C)(C)N=C=O)c1. The first-order chi connectivity index (χ1) is 7.03. The van der Waals surface area contributed by atoms with E-state index in [-0.39, 0.29) is 0 Å². The summed E-state index contributed by atoms with van der Waals surface area (Å²) in [5.74, 6) is 0.796. The highest BCUT2D eigenvalue weighted by Gasteiger charge is 2.17. The lowest BCUT2D eigenvalue weighted by molar-refractivity contribution is 0.244. The Morgan fingerprint density at radius 3 is 2.80 bits per heavy atom. The highest BCUT2D eigenvalue weighted by atomic mass is 16.5. The molecule has 0 spiro atoms. The first-order valence-corrected chi connectivity index (χ1v) is 4.82. The lowest BCUT2D eigenvalue weighted by Gasteiger charge is -2.18. The molecule has 0 aliphatic carbocycles. The summed E-state index contributed by atoms with van der Waals surface area (Å²) in [6.45, 7) is 6.02. The molecule has 3 heteroatoms. The molecule has 80 valence electrons. The summed E-state index contributed by atoms with van der Waals surface area (Å²) in [7, 11) is 0. The number of hydrogen-bond acceptors (Lipinski definition) is 3. The monoisotopic (exact) mass is 205 g/mol. The maximum absolute atomic E-state index is 10.1. The van der Waals surface area contributed by atoms with Crippen LogP contribution in [0.4, 0.5) is 0 Å². The highest BCUT2D eigenvalue weighted by Crippen LogP contribution is 2.16. The predicted molar refractivity (Wildman–Crippen MR) is 58.9 cm³/mol. The third kappa shape index (κ3) is 3.96. The Morgan fingerprint density at radius 1 is 1.47 bits per heavy atom. The summed E-state index contributed by atoms with van der Waals surface area (Å²) in [5.41, 5.74) is 0.620. The van der Waals surface area contributed by atoms with Crippen molar-refractivity contribution in [2.75, 3.05) is 6.61 Å². The standard InChI is InChI=1S/C12H15NO2/c1-10-5-4-6-11(7-10)15-8-12(2,3)13-9-14/h4-7H,8H2,1-3H3. The zero-order valence-corrected chi connectivity index (χ0v) is 9.28. The fourth-order valence-corrected chi connectivity index (χ4v) is 1.12. The third-order valence-electron chi connectivity index (χ3n) is 1.93. The molecule has 0 saturated heterocycles. The van der Waals surface area contributed by atoms with Crippen molar-refractivity contribution in [2.45, 2.75) is 26.3 Å². The first-order valence-electron chi connectivity index (χ1n) is 4.82. The van der Waals surface area contributed by atoms with Crippen LogP contribution in [0.5, 0.6) is 5.75 Å². The molecular formula is C12H15NO2. The van der Waals surface area contributed by atoms with E-state index < -0.39 is 5.54 Å². The van der Waals surface area contributed by atoms with Crippen LogP contribution in [0.15, 0.2) is 29.3 Å². The van der Waals surface area contributed by atoms with E-state index in [1.807, 2.05) is 45.0 Å². The zero-order chi connectivity index (χ0) is 11.3. The van der Waals surface area contributed by atoms with Crippen LogP contribution in [0.2, 0.25) is 0 Å². The van der Waals surface area contributed by atoms with Gasteiger partial charge in [-0.1, -0.05) is 12.1 Å². The van der Waals surface area contributed by atoms with Gasteiger partial charge in [0.15, 0.2) is 0 Å². The van der Waals surface area contributed by atoms with Crippen LogP contribution < -0.4 is 4.74 Å². The largest absolute Gasteiger partial charge is 0.491 e. The third-order valence-corrected chi connectivity index (χ3v) is 1.93. The lowest BCUT2D eigenvalue weighted by Crippen LogP contribution is -2.26. The molecule has 0 aromatic heterocycles. The second-order valence-corrected chi connectivity index (χ2v) is 4.12. The molecule has 0 heterocycles. The van der Waals surface area contributed by atoms with Crippen LogP contribution in [-0.2, 0) is 4.79 Å². The number of benzene rings is 1. The average molecular weight is 205 g/mol. The van der Waals surface area contributed by atoms with Gasteiger partial charge in [0.25, 0.3) is 0 Å². The average Bonchev–Trinajstić information content (AvgIpc) is 2.15. The zero-order valence-electron chi connectivity index (χ0n) is 9.28. The van der Waals surface area contributed by atoms with Gasteiger partial charge in [0, 0.05) is 0 Å². The number of ether oxygens (including phenoxy) is 1. The summed E-state index contributed by atoms with van der Waals surface area (Å²) in [6, 6.07) is 7.76. The molecule has 15 heavy (non-hydrogen) atoms. The number of isocyanates is 1. The summed E-state index contributed by atoms with van der Waals surface area (Å²) < 4.78 is 5.53. The van der Waals surface area contributed by atoms with Crippen molar-refractivity contribution in [1.29, 1.82) is 0 Å². The Morgan fingerprint density at radius 2 is 2.20 bits per heavy atom. The second-order valence-electron chi connectivity index (χ2n) is 4.12. The molecule has 0 amide bonds. The summed E-state index contributed by atoms with van der Waals surface area (Å²) in [4.78, 5) is 13.8. The summed E-state index contributed by atoms with van der Waals surface area (Å²) >= 11 is 0. The Labute approximate surface area is 89.8 Å². The molecule has 0 fully saturated rings. The molecule has 0 radical (unpaired) electrons. The van der Waals surface area contributed by atoms with E-state index >= 15 is 0 Å². The molecule has 1 aromatic rings. The van der Waals surface area contributed by atoms with E-state index in [4.69, 9.17) is 4.74 Å². The van der Waals surface area contributed by atoms with Crippen LogP contribution >= 0.6 is 0 Å². The van der Waals surface area contributed by atoms with Crippen LogP contribution in [0.3, 0.4) is 0 Å². The van der Waals surface area contributed by atoms with Gasteiger partial charge in [-0.05, 0) is 38.5 Å². The fraction of sp³-hybridized carbons (Fsp3) is 0.417. The van der Waals surface area contributed by atoms with E-state index in [2.05, 4.69) is 4.99 Å². The molecule has 0 atom stereocenters. The van der Waals surface area contributed by atoms with Gasteiger partial charge in [-0.15, -0.1) is 0 Å². The number of aliphatic imine (C=N–C) groups is 1. The van der Waals surface area contributed by atoms with Gasteiger partial charge in [-0.2, -0.15) is 4.99 Å². The van der Waals surface area contributed by atoms with Gasteiger partial charge >= 0.3 is 0 Å².